The van der Waals surface area contributed by atoms with E-state index < -0.39 is 0 Å². The van der Waals surface area contributed by atoms with Crippen LogP contribution in [0.3, 0.4) is 0 Å². The number of aromatic nitrogens is 1. The number of oxazole rings is 1. The highest BCUT2D eigenvalue weighted by molar-refractivity contribution is 7.99. The minimum absolute atomic E-state index is 0.119. The van der Waals surface area contributed by atoms with Gasteiger partial charge in [-0.1, -0.05) is 30.0 Å². The molecule has 1 amide bonds. The van der Waals surface area contributed by atoms with E-state index in [0.29, 0.717) is 22.1 Å². The summed E-state index contributed by atoms with van der Waals surface area (Å²) in [5.74, 6) is -0.212. The molecule has 1 heterocycles. The Balaban J connectivity index is 1.56. The molecule has 134 valence electrons. The Labute approximate surface area is 153 Å². The van der Waals surface area contributed by atoms with Gasteiger partial charge in [-0.15, -0.1) is 0 Å². The Morgan fingerprint density at radius 1 is 1.15 bits per heavy atom. The first kappa shape index (κ1) is 18.1. The summed E-state index contributed by atoms with van der Waals surface area (Å²) >= 11 is 1.15. The summed E-state index contributed by atoms with van der Waals surface area (Å²) in [6, 6.07) is 12.2. The van der Waals surface area contributed by atoms with Crippen LogP contribution in [0.5, 0.6) is 0 Å². The zero-order valence-electron chi connectivity index (χ0n) is 14.0. The van der Waals surface area contributed by atoms with Crippen molar-refractivity contribution in [3.05, 3.63) is 71.9 Å². The van der Waals surface area contributed by atoms with Gasteiger partial charge < -0.3 is 9.32 Å². The maximum absolute atomic E-state index is 13.7. The minimum atomic E-state index is -0.337. The smallest absolute Gasteiger partial charge is 0.256 e. The van der Waals surface area contributed by atoms with Crippen LogP contribution in [0.25, 0.3) is 11.3 Å². The van der Waals surface area contributed by atoms with E-state index in [1.54, 1.807) is 37.4 Å². The van der Waals surface area contributed by atoms with Gasteiger partial charge in [0.05, 0.1) is 11.9 Å². The predicted molar refractivity (Wildman–Crippen MR) is 95.5 cm³/mol. The molecule has 1 aromatic heterocycles. The molecular weight excluding hydrogens is 358 g/mol. The molecule has 0 saturated carbocycles. The normalized spacial score (nSPS) is 10.7. The second-order valence-electron chi connectivity index (χ2n) is 5.63. The van der Waals surface area contributed by atoms with E-state index in [0.717, 1.165) is 11.8 Å². The molecule has 0 N–H and O–H groups in total. The first-order chi connectivity index (χ1) is 12.5. The van der Waals surface area contributed by atoms with Crippen molar-refractivity contribution in [1.82, 2.24) is 9.88 Å². The molecule has 0 spiro atoms. The molecule has 0 unspecified atom stereocenters. The Morgan fingerprint density at radius 3 is 2.62 bits per heavy atom. The molecule has 7 heteroatoms. The molecule has 4 nitrogen and oxygen atoms in total. The summed E-state index contributed by atoms with van der Waals surface area (Å²) < 4.78 is 32.2. The van der Waals surface area contributed by atoms with Gasteiger partial charge in [-0.25, -0.2) is 13.8 Å². The maximum Gasteiger partial charge on any atom is 0.256 e. The zero-order chi connectivity index (χ0) is 18.5. The Bertz CT molecular complexity index is 897. The third kappa shape index (κ3) is 4.49. The molecule has 0 aliphatic heterocycles. The SMILES string of the molecule is CN(Cc1ccccc1F)C(=O)CSc1ncc(-c2ccc(F)cc2)o1. The highest BCUT2D eigenvalue weighted by Gasteiger charge is 2.14. The Morgan fingerprint density at radius 2 is 1.88 bits per heavy atom. The number of benzene rings is 2. The monoisotopic (exact) mass is 374 g/mol. The van der Waals surface area contributed by atoms with Crippen molar-refractivity contribution in [2.75, 3.05) is 12.8 Å². The predicted octanol–water partition coefficient (Wildman–Crippen LogP) is 4.37. The molecule has 0 aliphatic rings. The molecule has 26 heavy (non-hydrogen) atoms. The fraction of sp³-hybridized carbons (Fsp3) is 0.158. The molecule has 0 atom stereocenters. The number of nitrogens with zero attached hydrogens (tertiary/aromatic N) is 2. The first-order valence-electron chi connectivity index (χ1n) is 7.85. The molecule has 3 rings (SSSR count). The number of hydrogen-bond donors (Lipinski definition) is 0. The van der Waals surface area contributed by atoms with Gasteiger partial charge in [0.2, 0.25) is 5.91 Å². The lowest BCUT2D eigenvalue weighted by molar-refractivity contribution is -0.127. The lowest BCUT2D eigenvalue weighted by Gasteiger charge is -2.17. The molecule has 2 aromatic carbocycles. The molecule has 0 radical (unpaired) electrons. The standard InChI is InChI=1S/C19H16F2N2O2S/c1-23(11-14-4-2-3-5-16(14)21)18(24)12-26-19-22-10-17(25-19)13-6-8-15(20)9-7-13/h2-10H,11-12H2,1H3. The fourth-order valence-corrected chi connectivity index (χ4v) is 3.02. The summed E-state index contributed by atoms with van der Waals surface area (Å²) in [7, 11) is 1.62. The Kier molecular flexibility index (Phi) is 5.68. The molecule has 0 bridgehead atoms. The van der Waals surface area contributed by atoms with Crippen LogP contribution in [0.4, 0.5) is 8.78 Å². The van der Waals surface area contributed by atoms with E-state index in [1.165, 1.54) is 29.3 Å². The summed E-state index contributed by atoms with van der Waals surface area (Å²) in [4.78, 5) is 17.8. The van der Waals surface area contributed by atoms with E-state index in [1.807, 2.05) is 0 Å². The maximum atomic E-state index is 13.7. The number of amides is 1. The van der Waals surface area contributed by atoms with Crippen molar-refractivity contribution in [1.29, 1.82) is 0 Å². The average Bonchev–Trinajstić information content (AvgIpc) is 3.11. The van der Waals surface area contributed by atoms with Crippen molar-refractivity contribution in [3.63, 3.8) is 0 Å². The van der Waals surface area contributed by atoms with E-state index in [9.17, 15) is 13.6 Å². The molecule has 3 aromatic rings. The van der Waals surface area contributed by atoms with Gasteiger partial charge in [0.15, 0.2) is 5.76 Å². The lowest BCUT2D eigenvalue weighted by atomic mass is 10.2. The number of carbonyl (C=O) groups is 1. The number of halogens is 2. The highest BCUT2D eigenvalue weighted by atomic mass is 32.2. The van der Waals surface area contributed by atoms with Gasteiger partial charge >= 0.3 is 0 Å². The topological polar surface area (TPSA) is 46.3 Å². The van der Waals surface area contributed by atoms with Crippen LogP contribution in [-0.4, -0.2) is 28.6 Å². The van der Waals surface area contributed by atoms with Crippen molar-refractivity contribution < 1.29 is 18.0 Å². The molecule has 0 fully saturated rings. The van der Waals surface area contributed by atoms with Crippen LogP contribution < -0.4 is 0 Å². The highest BCUT2D eigenvalue weighted by Crippen LogP contribution is 2.25. The van der Waals surface area contributed by atoms with Crippen molar-refractivity contribution in [3.8, 4) is 11.3 Å². The summed E-state index contributed by atoms with van der Waals surface area (Å²) in [5.41, 5.74) is 1.16. The second kappa shape index (κ2) is 8.14. The fourth-order valence-electron chi connectivity index (χ4n) is 2.28. The van der Waals surface area contributed by atoms with E-state index >= 15 is 0 Å². The molecule has 0 saturated heterocycles. The summed E-state index contributed by atoms with van der Waals surface area (Å²) in [6.07, 6.45) is 1.53. The number of rotatable bonds is 6. The van der Waals surface area contributed by atoms with Crippen LogP contribution in [0.2, 0.25) is 0 Å². The summed E-state index contributed by atoms with van der Waals surface area (Å²) in [6.45, 7) is 0.193. The molecular formula is C19H16F2N2O2S. The first-order valence-corrected chi connectivity index (χ1v) is 8.83. The van der Waals surface area contributed by atoms with Crippen molar-refractivity contribution >= 4 is 17.7 Å². The van der Waals surface area contributed by atoms with Gasteiger partial charge in [-0.05, 0) is 30.3 Å². The molecule has 0 aliphatic carbocycles. The van der Waals surface area contributed by atoms with Gasteiger partial charge in [0, 0.05) is 24.7 Å². The summed E-state index contributed by atoms with van der Waals surface area (Å²) in [5, 5.41) is 0.344. The van der Waals surface area contributed by atoms with E-state index in [-0.39, 0.29) is 29.8 Å². The van der Waals surface area contributed by atoms with Crippen LogP contribution >= 0.6 is 11.8 Å². The van der Waals surface area contributed by atoms with Gasteiger partial charge in [-0.2, -0.15) is 0 Å². The van der Waals surface area contributed by atoms with E-state index in [2.05, 4.69) is 4.98 Å². The van der Waals surface area contributed by atoms with Gasteiger partial charge in [0.1, 0.15) is 11.6 Å². The number of hydrogen-bond acceptors (Lipinski definition) is 4. The number of thioether (sulfide) groups is 1. The van der Waals surface area contributed by atoms with Gasteiger partial charge in [-0.3, -0.25) is 4.79 Å². The Hall–Kier alpha value is -2.67. The third-order valence-corrected chi connectivity index (χ3v) is 4.55. The lowest BCUT2D eigenvalue weighted by Crippen LogP contribution is -2.28. The minimum Gasteiger partial charge on any atom is -0.431 e. The zero-order valence-corrected chi connectivity index (χ0v) is 14.8. The largest absolute Gasteiger partial charge is 0.431 e. The van der Waals surface area contributed by atoms with Crippen molar-refractivity contribution in [2.45, 2.75) is 11.8 Å². The van der Waals surface area contributed by atoms with Crippen molar-refractivity contribution in [2.24, 2.45) is 0 Å². The van der Waals surface area contributed by atoms with Crippen LogP contribution in [0.15, 0.2) is 64.4 Å². The third-order valence-electron chi connectivity index (χ3n) is 3.72. The number of carbonyl (C=O) groups excluding carboxylic acids is 1. The van der Waals surface area contributed by atoms with Gasteiger partial charge in [0.25, 0.3) is 5.22 Å². The van der Waals surface area contributed by atoms with Crippen LogP contribution in [0.1, 0.15) is 5.56 Å². The second-order valence-corrected chi connectivity index (χ2v) is 6.55. The average molecular weight is 374 g/mol. The van der Waals surface area contributed by atoms with Crippen LogP contribution in [-0.2, 0) is 11.3 Å². The van der Waals surface area contributed by atoms with E-state index in [4.69, 9.17) is 4.42 Å². The quantitative estimate of drug-likeness (QED) is 0.601. The van der Waals surface area contributed by atoms with Crippen LogP contribution in [0, 0.1) is 11.6 Å².